The van der Waals surface area contributed by atoms with Gasteiger partial charge in [-0.05, 0) is 24.6 Å². The van der Waals surface area contributed by atoms with E-state index in [0.717, 1.165) is 5.56 Å². The molecule has 22 heavy (non-hydrogen) atoms. The lowest BCUT2D eigenvalue weighted by molar-refractivity contribution is -0.385. The van der Waals surface area contributed by atoms with Crippen LogP contribution in [0.25, 0.3) is 0 Å². The lowest BCUT2D eigenvalue weighted by Crippen LogP contribution is -2.41. The molecule has 0 spiro atoms. The summed E-state index contributed by atoms with van der Waals surface area (Å²) in [7, 11) is -1.88. The quantitative estimate of drug-likeness (QED) is 0.297. The van der Waals surface area contributed by atoms with Gasteiger partial charge < -0.3 is 4.43 Å². The van der Waals surface area contributed by atoms with Gasteiger partial charge in [-0.2, -0.15) is 0 Å². The van der Waals surface area contributed by atoms with Crippen LogP contribution in [0.5, 0.6) is 0 Å². The van der Waals surface area contributed by atoms with E-state index in [1.54, 1.807) is 18.2 Å². The molecule has 1 aromatic carbocycles. The average Bonchev–Trinajstić information content (AvgIpc) is 2.42. The highest BCUT2D eigenvalue weighted by molar-refractivity contribution is 6.74. The molecule has 0 amide bonds. The monoisotopic (exact) mass is 321 g/mol. The Morgan fingerprint density at radius 2 is 1.95 bits per heavy atom. The van der Waals surface area contributed by atoms with E-state index < -0.39 is 8.32 Å². The lowest BCUT2D eigenvalue weighted by Gasteiger charge is -2.37. The predicted molar refractivity (Wildman–Crippen MR) is 93.8 cm³/mol. The topological polar surface area (TPSA) is 52.4 Å². The Labute approximate surface area is 134 Å². The molecule has 0 fully saturated rings. The first-order valence-electron chi connectivity index (χ1n) is 7.58. The van der Waals surface area contributed by atoms with Gasteiger partial charge >= 0.3 is 0 Å². The zero-order chi connectivity index (χ0) is 17.0. The molecule has 0 bridgehead atoms. The van der Waals surface area contributed by atoms with Crippen molar-refractivity contribution in [1.29, 1.82) is 0 Å². The predicted octanol–water partition coefficient (Wildman–Crippen LogP) is 5.28. The Hall–Kier alpha value is -1.46. The van der Waals surface area contributed by atoms with Crippen molar-refractivity contribution in [1.82, 2.24) is 0 Å². The van der Waals surface area contributed by atoms with Crippen LogP contribution in [0.4, 0.5) is 5.69 Å². The SMILES string of the molecule is C=CCC(CO[Si](C)(C)C(C)(C)C)c1ccccc1[N+](=O)[O-]. The first-order chi connectivity index (χ1) is 10.1. The molecule has 0 aliphatic carbocycles. The maximum Gasteiger partial charge on any atom is 0.272 e. The number of nitrogens with zero attached hydrogens (tertiary/aromatic N) is 1. The molecular formula is C17H27NO3Si. The van der Waals surface area contributed by atoms with Gasteiger partial charge in [0.25, 0.3) is 5.69 Å². The highest BCUT2D eigenvalue weighted by atomic mass is 28.4. The second-order valence-corrected chi connectivity index (χ2v) is 11.9. The molecule has 0 aliphatic rings. The molecule has 0 aromatic heterocycles. The van der Waals surface area contributed by atoms with Gasteiger partial charge in [0.15, 0.2) is 8.32 Å². The smallest absolute Gasteiger partial charge is 0.272 e. The number of rotatable bonds is 7. The average molecular weight is 321 g/mol. The zero-order valence-electron chi connectivity index (χ0n) is 14.3. The molecule has 1 atom stereocenters. The van der Waals surface area contributed by atoms with E-state index in [-0.39, 0.29) is 21.6 Å². The van der Waals surface area contributed by atoms with Crippen LogP contribution in [-0.4, -0.2) is 19.8 Å². The molecule has 1 aromatic rings. The van der Waals surface area contributed by atoms with Crippen molar-refractivity contribution in [2.45, 2.75) is 51.2 Å². The molecule has 122 valence electrons. The number of benzene rings is 1. The maximum atomic E-state index is 11.2. The first-order valence-corrected chi connectivity index (χ1v) is 10.5. The minimum absolute atomic E-state index is 0.0341. The van der Waals surface area contributed by atoms with Gasteiger partial charge in [-0.25, -0.2) is 0 Å². The summed E-state index contributed by atoms with van der Waals surface area (Å²) in [5.74, 6) is -0.0341. The number of hydrogen-bond acceptors (Lipinski definition) is 3. The van der Waals surface area contributed by atoms with Crippen LogP contribution in [0.2, 0.25) is 18.1 Å². The summed E-state index contributed by atoms with van der Waals surface area (Å²) in [6, 6.07) is 6.91. The normalized spacial score (nSPS) is 13.7. The maximum absolute atomic E-state index is 11.2. The third kappa shape index (κ3) is 4.51. The van der Waals surface area contributed by atoms with E-state index >= 15 is 0 Å². The molecule has 0 heterocycles. The van der Waals surface area contributed by atoms with Crippen molar-refractivity contribution in [2.24, 2.45) is 0 Å². The van der Waals surface area contributed by atoms with E-state index in [4.69, 9.17) is 4.43 Å². The van der Waals surface area contributed by atoms with Crippen LogP contribution >= 0.6 is 0 Å². The zero-order valence-corrected chi connectivity index (χ0v) is 15.3. The molecule has 0 saturated carbocycles. The Morgan fingerprint density at radius 1 is 1.36 bits per heavy atom. The van der Waals surface area contributed by atoms with Crippen molar-refractivity contribution < 1.29 is 9.35 Å². The summed E-state index contributed by atoms with van der Waals surface area (Å²) in [4.78, 5) is 10.9. The van der Waals surface area contributed by atoms with E-state index in [1.165, 1.54) is 0 Å². The van der Waals surface area contributed by atoms with Crippen LogP contribution < -0.4 is 0 Å². The van der Waals surface area contributed by atoms with Gasteiger partial charge in [-0.1, -0.05) is 45.0 Å². The van der Waals surface area contributed by atoms with E-state index in [1.807, 2.05) is 12.1 Å². The Bertz CT molecular complexity index is 535. The van der Waals surface area contributed by atoms with E-state index in [0.29, 0.717) is 13.0 Å². The number of nitro benzene ring substituents is 1. The molecule has 0 radical (unpaired) electrons. The minimum atomic E-state index is -1.88. The second-order valence-electron chi connectivity index (χ2n) is 7.11. The van der Waals surface area contributed by atoms with Gasteiger partial charge in [-0.3, -0.25) is 10.1 Å². The molecule has 1 unspecified atom stereocenters. The number of hydrogen-bond donors (Lipinski definition) is 0. The minimum Gasteiger partial charge on any atom is -0.416 e. The van der Waals surface area contributed by atoms with Gasteiger partial charge in [-0.15, -0.1) is 6.58 Å². The molecular weight excluding hydrogens is 294 g/mol. The van der Waals surface area contributed by atoms with Crippen LogP contribution in [0.1, 0.15) is 38.7 Å². The number of para-hydroxylation sites is 1. The molecule has 4 nitrogen and oxygen atoms in total. The number of nitro groups is 1. The summed E-state index contributed by atoms with van der Waals surface area (Å²) in [6.45, 7) is 15.2. The van der Waals surface area contributed by atoms with Crippen molar-refractivity contribution in [2.75, 3.05) is 6.61 Å². The van der Waals surface area contributed by atoms with Crippen LogP contribution in [-0.2, 0) is 4.43 Å². The Kier molecular flexibility index (Phi) is 6.08. The fraction of sp³-hybridized carbons (Fsp3) is 0.529. The van der Waals surface area contributed by atoms with Gasteiger partial charge in [0.1, 0.15) is 0 Å². The summed E-state index contributed by atoms with van der Waals surface area (Å²) in [5, 5.41) is 11.4. The molecule has 0 aliphatic heterocycles. The third-order valence-electron chi connectivity index (χ3n) is 4.48. The van der Waals surface area contributed by atoms with E-state index in [2.05, 4.69) is 40.4 Å². The van der Waals surface area contributed by atoms with Crippen molar-refractivity contribution >= 4 is 14.0 Å². The second kappa shape index (κ2) is 7.20. The number of allylic oxidation sites excluding steroid dienone is 1. The summed E-state index contributed by atoms with van der Waals surface area (Å²) in [6.07, 6.45) is 2.47. The lowest BCUT2D eigenvalue weighted by atomic mass is 9.95. The van der Waals surface area contributed by atoms with E-state index in [9.17, 15) is 10.1 Å². The molecule has 1 rings (SSSR count). The highest BCUT2D eigenvalue weighted by Gasteiger charge is 2.38. The fourth-order valence-corrected chi connectivity index (χ4v) is 3.06. The van der Waals surface area contributed by atoms with Gasteiger partial charge in [0.05, 0.1) is 4.92 Å². The fourth-order valence-electron chi connectivity index (χ4n) is 2.01. The Morgan fingerprint density at radius 3 is 2.45 bits per heavy atom. The molecule has 0 saturated heterocycles. The van der Waals surface area contributed by atoms with Crippen LogP contribution in [0, 0.1) is 10.1 Å². The molecule has 5 heteroatoms. The van der Waals surface area contributed by atoms with Gasteiger partial charge in [0.2, 0.25) is 0 Å². The first kappa shape index (κ1) is 18.6. The summed E-state index contributed by atoms with van der Waals surface area (Å²) in [5.41, 5.74) is 0.888. The largest absolute Gasteiger partial charge is 0.416 e. The standard InChI is InChI=1S/C17H27NO3Si/c1-7-10-14(13-21-22(5,6)17(2,3)4)15-11-8-9-12-16(15)18(19)20/h7-9,11-12,14H,1,10,13H2,2-6H3. The van der Waals surface area contributed by atoms with Gasteiger partial charge in [0, 0.05) is 24.2 Å². The Balaban J connectivity index is 3.01. The summed E-state index contributed by atoms with van der Waals surface area (Å²) < 4.78 is 6.27. The third-order valence-corrected chi connectivity index (χ3v) is 8.98. The van der Waals surface area contributed by atoms with Crippen molar-refractivity contribution in [3.8, 4) is 0 Å². The van der Waals surface area contributed by atoms with Crippen LogP contribution in [0.3, 0.4) is 0 Å². The van der Waals surface area contributed by atoms with Crippen molar-refractivity contribution in [3.05, 3.63) is 52.6 Å². The van der Waals surface area contributed by atoms with Crippen LogP contribution in [0.15, 0.2) is 36.9 Å². The van der Waals surface area contributed by atoms with Crippen molar-refractivity contribution in [3.63, 3.8) is 0 Å². The summed E-state index contributed by atoms with van der Waals surface area (Å²) >= 11 is 0. The molecule has 0 N–H and O–H groups in total. The highest BCUT2D eigenvalue weighted by Crippen LogP contribution is 2.38.